The van der Waals surface area contributed by atoms with Crippen LogP contribution in [-0.2, 0) is 0 Å². The molecule has 0 saturated heterocycles. The summed E-state index contributed by atoms with van der Waals surface area (Å²) >= 11 is 3.37. The van der Waals surface area contributed by atoms with E-state index in [-0.39, 0.29) is 5.69 Å². The van der Waals surface area contributed by atoms with E-state index in [1.807, 2.05) is 30.3 Å². The third-order valence-electron chi connectivity index (χ3n) is 2.82. The van der Waals surface area contributed by atoms with Crippen LogP contribution in [0.5, 0.6) is 0 Å². The zero-order valence-electron chi connectivity index (χ0n) is 9.63. The molecule has 3 rings (SSSR count). The van der Waals surface area contributed by atoms with Crippen LogP contribution in [0.2, 0.25) is 0 Å². The van der Waals surface area contributed by atoms with E-state index < -0.39 is 4.92 Å². The molecule has 0 aliphatic carbocycles. The molecule has 0 saturated carbocycles. The van der Waals surface area contributed by atoms with Crippen LogP contribution < -0.4 is 0 Å². The molecule has 0 radical (unpaired) electrons. The Kier molecular flexibility index (Phi) is 2.79. The van der Waals surface area contributed by atoms with Crippen molar-refractivity contribution in [1.82, 2.24) is 9.97 Å². The fourth-order valence-electron chi connectivity index (χ4n) is 1.93. The summed E-state index contributed by atoms with van der Waals surface area (Å²) in [6, 6.07) is 12.6. The molecular weight excluding hydrogens is 310 g/mol. The Balaban J connectivity index is 2.29. The second-order valence-corrected chi connectivity index (χ2v) is 4.85. The first-order valence-electron chi connectivity index (χ1n) is 5.55. The SMILES string of the molecule is O=[N+]([O-])c1ccc(Br)c2[nH]c(-c3ccccc3)nc12. The Morgan fingerprint density at radius 1 is 1.16 bits per heavy atom. The number of nitrogens with one attached hydrogen (secondary N) is 1. The second kappa shape index (κ2) is 4.47. The molecule has 3 aromatic rings. The van der Waals surface area contributed by atoms with Gasteiger partial charge in [0.1, 0.15) is 5.82 Å². The highest BCUT2D eigenvalue weighted by Gasteiger charge is 2.18. The van der Waals surface area contributed by atoms with Crippen LogP contribution in [0.1, 0.15) is 0 Å². The van der Waals surface area contributed by atoms with Gasteiger partial charge in [0.05, 0.1) is 10.4 Å². The summed E-state index contributed by atoms with van der Waals surface area (Å²) in [5.41, 5.74) is 1.88. The normalized spacial score (nSPS) is 10.8. The molecule has 0 aliphatic rings. The standard InChI is InChI=1S/C13H8BrN3O2/c14-9-6-7-10(17(18)19)12-11(9)15-13(16-12)8-4-2-1-3-5-8/h1-7H,(H,15,16). The van der Waals surface area contributed by atoms with E-state index in [4.69, 9.17) is 0 Å². The van der Waals surface area contributed by atoms with Crippen molar-refractivity contribution in [1.29, 1.82) is 0 Å². The van der Waals surface area contributed by atoms with E-state index >= 15 is 0 Å². The molecule has 94 valence electrons. The molecule has 0 fully saturated rings. The molecular formula is C13H8BrN3O2. The van der Waals surface area contributed by atoms with Crippen molar-refractivity contribution in [3.63, 3.8) is 0 Å². The van der Waals surface area contributed by atoms with Crippen molar-refractivity contribution in [2.75, 3.05) is 0 Å². The van der Waals surface area contributed by atoms with Crippen molar-refractivity contribution in [3.8, 4) is 11.4 Å². The number of imidazole rings is 1. The maximum absolute atomic E-state index is 11.0. The van der Waals surface area contributed by atoms with Gasteiger partial charge in [-0.3, -0.25) is 10.1 Å². The van der Waals surface area contributed by atoms with E-state index in [2.05, 4.69) is 25.9 Å². The minimum Gasteiger partial charge on any atom is -0.337 e. The van der Waals surface area contributed by atoms with Gasteiger partial charge in [-0.25, -0.2) is 4.98 Å². The van der Waals surface area contributed by atoms with Gasteiger partial charge in [-0.1, -0.05) is 30.3 Å². The monoisotopic (exact) mass is 317 g/mol. The van der Waals surface area contributed by atoms with Gasteiger partial charge in [-0.2, -0.15) is 0 Å². The van der Waals surface area contributed by atoms with Crippen molar-refractivity contribution >= 4 is 32.7 Å². The number of nitrogens with zero attached hydrogens (tertiary/aromatic N) is 2. The average Bonchev–Trinajstić information content (AvgIpc) is 2.85. The molecule has 0 spiro atoms. The fraction of sp³-hybridized carbons (Fsp3) is 0. The summed E-state index contributed by atoms with van der Waals surface area (Å²) in [4.78, 5) is 18.0. The molecule has 0 bridgehead atoms. The van der Waals surface area contributed by atoms with Crippen LogP contribution in [0.15, 0.2) is 46.9 Å². The molecule has 6 heteroatoms. The zero-order valence-corrected chi connectivity index (χ0v) is 11.2. The topological polar surface area (TPSA) is 71.8 Å². The number of fused-ring (bicyclic) bond motifs is 1. The molecule has 0 unspecified atom stereocenters. The lowest BCUT2D eigenvalue weighted by molar-refractivity contribution is -0.383. The molecule has 2 aromatic carbocycles. The Labute approximate surface area is 116 Å². The largest absolute Gasteiger partial charge is 0.337 e. The number of nitro benzene ring substituents is 1. The highest BCUT2D eigenvalue weighted by Crippen LogP contribution is 2.31. The number of aromatic amines is 1. The van der Waals surface area contributed by atoms with Crippen molar-refractivity contribution in [2.24, 2.45) is 0 Å². The second-order valence-electron chi connectivity index (χ2n) is 4.00. The average molecular weight is 318 g/mol. The van der Waals surface area contributed by atoms with Gasteiger partial charge in [0.2, 0.25) is 0 Å². The third-order valence-corrected chi connectivity index (χ3v) is 3.48. The van der Waals surface area contributed by atoms with Gasteiger partial charge in [-0.05, 0) is 22.0 Å². The van der Waals surface area contributed by atoms with Crippen molar-refractivity contribution < 1.29 is 4.92 Å². The Morgan fingerprint density at radius 2 is 1.89 bits per heavy atom. The van der Waals surface area contributed by atoms with Crippen LogP contribution in [-0.4, -0.2) is 14.9 Å². The van der Waals surface area contributed by atoms with E-state index in [0.717, 1.165) is 10.0 Å². The van der Waals surface area contributed by atoms with E-state index in [1.54, 1.807) is 6.07 Å². The van der Waals surface area contributed by atoms with Gasteiger partial charge < -0.3 is 4.98 Å². The summed E-state index contributed by atoms with van der Waals surface area (Å²) in [5.74, 6) is 0.616. The highest BCUT2D eigenvalue weighted by atomic mass is 79.9. The van der Waals surface area contributed by atoms with E-state index in [9.17, 15) is 10.1 Å². The lowest BCUT2D eigenvalue weighted by Crippen LogP contribution is -1.89. The minimum atomic E-state index is -0.426. The van der Waals surface area contributed by atoms with Gasteiger partial charge in [0.25, 0.3) is 5.69 Å². The number of benzene rings is 2. The Morgan fingerprint density at radius 3 is 2.58 bits per heavy atom. The summed E-state index contributed by atoms with van der Waals surface area (Å²) in [6.07, 6.45) is 0. The highest BCUT2D eigenvalue weighted by molar-refractivity contribution is 9.10. The third kappa shape index (κ3) is 2.00. The predicted molar refractivity (Wildman–Crippen MR) is 75.9 cm³/mol. The number of aromatic nitrogens is 2. The number of nitro groups is 1. The van der Waals surface area contributed by atoms with Gasteiger partial charge in [-0.15, -0.1) is 0 Å². The molecule has 1 N–H and O–H groups in total. The number of H-pyrrole nitrogens is 1. The smallest absolute Gasteiger partial charge is 0.297 e. The number of non-ortho nitro benzene ring substituents is 1. The van der Waals surface area contributed by atoms with Crippen LogP contribution >= 0.6 is 15.9 Å². The zero-order chi connectivity index (χ0) is 13.4. The number of hydrogen-bond donors (Lipinski definition) is 1. The van der Waals surface area contributed by atoms with Crippen LogP contribution in [0.25, 0.3) is 22.4 Å². The molecule has 19 heavy (non-hydrogen) atoms. The van der Waals surface area contributed by atoms with Gasteiger partial charge in [0, 0.05) is 16.1 Å². The molecule has 1 heterocycles. The van der Waals surface area contributed by atoms with E-state index in [1.165, 1.54) is 6.07 Å². The fourth-order valence-corrected chi connectivity index (χ4v) is 2.34. The van der Waals surface area contributed by atoms with E-state index in [0.29, 0.717) is 16.9 Å². The minimum absolute atomic E-state index is 0.00312. The summed E-state index contributed by atoms with van der Waals surface area (Å²) < 4.78 is 0.753. The molecule has 0 amide bonds. The lowest BCUT2D eigenvalue weighted by atomic mass is 10.2. The Bertz CT molecular complexity index is 768. The summed E-state index contributed by atoms with van der Waals surface area (Å²) in [7, 11) is 0. The number of hydrogen-bond acceptors (Lipinski definition) is 3. The number of rotatable bonds is 2. The number of halogens is 1. The molecule has 0 atom stereocenters. The first-order chi connectivity index (χ1) is 9.16. The van der Waals surface area contributed by atoms with Crippen LogP contribution in [0.3, 0.4) is 0 Å². The van der Waals surface area contributed by atoms with Crippen molar-refractivity contribution in [3.05, 3.63) is 57.1 Å². The summed E-state index contributed by atoms with van der Waals surface area (Å²) in [6.45, 7) is 0. The van der Waals surface area contributed by atoms with Crippen LogP contribution in [0.4, 0.5) is 5.69 Å². The Hall–Kier alpha value is -2.21. The predicted octanol–water partition coefficient (Wildman–Crippen LogP) is 3.90. The van der Waals surface area contributed by atoms with Gasteiger partial charge >= 0.3 is 0 Å². The summed E-state index contributed by atoms with van der Waals surface area (Å²) in [5, 5.41) is 11.0. The van der Waals surface area contributed by atoms with Gasteiger partial charge in [0.15, 0.2) is 5.52 Å². The molecule has 5 nitrogen and oxygen atoms in total. The quantitative estimate of drug-likeness (QED) is 0.575. The first kappa shape index (κ1) is 11.9. The lowest BCUT2D eigenvalue weighted by Gasteiger charge is -1.94. The van der Waals surface area contributed by atoms with Crippen LogP contribution in [0, 0.1) is 10.1 Å². The van der Waals surface area contributed by atoms with Crippen molar-refractivity contribution in [2.45, 2.75) is 0 Å². The molecule has 1 aromatic heterocycles. The molecule has 0 aliphatic heterocycles. The first-order valence-corrected chi connectivity index (χ1v) is 6.34. The maximum Gasteiger partial charge on any atom is 0.297 e. The maximum atomic E-state index is 11.0.